The van der Waals surface area contributed by atoms with Crippen LogP contribution in [0.3, 0.4) is 0 Å². The van der Waals surface area contributed by atoms with Crippen LogP contribution < -0.4 is 0 Å². The Morgan fingerprint density at radius 1 is 0.147 bits per heavy atom. The average molecular weight is 1940 g/mol. The molecule has 0 saturated heterocycles. The van der Waals surface area contributed by atoms with Gasteiger partial charge in [-0.3, -0.25) is 0 Å². The summed E-state index contributed by atoms with van der Waals surface area (Å²) >= 11 is 1.79. The van der Waals surface area contributed by atoms with Crippen LogP contribution in [0.4, 0.5) is 0 Å². The van der Waals surface area contributed by atoms with Crippen LogP contribution in [0.5, 0.6) is 0 Å². The van der Waals surface area contributed by atoms with Crippen molar-refractivity contribution in [2.75, 3.05) is 0 Å². The van der Waals surface area contributed by atoms with E-state index < -0.39 is 0 Å². The predicted octanol–water partition coefficient (Wildman–Crippen LogP) is 36.3. The molecule has 4 aromatic heterocycles. The fraction of sp³-hybridized carbons (Fsp3) is 0.0643. The SMILES string of the molecule is CC1(C)c2ccccc2-c2ccc3c(-c4ccc(-c5nc(-c6ccccc6)nc(-c6cccc(-c7ccccc7)c6)n5)cc4)cccc3c21.CC1(C)c2ccccc2-c2ccc3c(-c4cccc(-c5nc(-c6ccccc6)nc(-c6cccc7c6sc6ccccc67)n5)c4)cccc3c21.CC1(C)c2ccccc2-c2ccc3ccc(-c4cccc(-c5nc(-c6ccccc6)nc(-c6cc7ccccc7c7ccccc67)n5)c4)cc3c21. The molecule has 22 aromatic carbocycles. The zero-order valence-corrected chi connectivity index (χ0v) is 84.4. The van der Waals surface area contributed by atoms with Gasteiger partial charge in [-0.25, -0.2) is 44.9 Å². The number of rotatable bonds is 13. The molecule has 0 saturated carbocycles. The molecule has 0 radical (unpaired) electrons. The summed E-state index contributed by atoms with van der Waals surface area (Å²) in [5.41, 5.74) is 34.2. The molecule has 0 N–H and O–H groups in total. The molecule has 0 unspecified atom stereocenters. The molecular formula is C140H97N9S. The first-order valence-electron chi connectivity index (χ1n) is 51.4. The van der Waals surface area contributed by atoms with Crippen LogP contribution in [0.15, 0.2) is 479 Å². The second-order valence-electron chi connectivity index (χ2n) is 40.9. The molecular weight excluding hydrogens is 1840 g/mol. The van der Waals surface area contributed by atoms with E-state index in [1.54, 1.807) is 11.3 Å². The number of aromatic nitrogens is 9. The number of thiophene rings is 1. The smallest absolute Gasteiger partial charge is 0.165 e. The third kappa shape index (κ3) is 15.6. The van der Waals surface area contributed by atoms with Gasteiger partial charge in [-0.1, -0.05) is 478 Å². The average Bonchev–Trinajstić information content (AvgIpc) is 1.56. The molecule has 0 amide bonds. The summed E-state index contributed by atoms with van der Waals surface area (Å²) in [5.74, 6) is 5.92. The Labute approximate surface area is 874 Å². The number of fused-ring (bicyclic) bond motifs is 21. The summed E-state index contributed by atoms with van der Waals surface area (Å²) < 4.78 is 2.44. The minimum atomic E-state index is -0.0893. The van der Waals surface area contributed by atoms with E-state index in [4.69, 9.17) is 44.9 Å². The van der Waals surface area contributed by atoms with Crippen molar-refractivity contribution in [3.8, 4) is 180 Å². The van der Waals surface area contributed by atoms with Gasteiger partial charge in [0.15, 0.2) is 52.4 Å². The Kier molecular flexibility index (Phi) is 22.0. The van der Waals surface area contributed by atoms with E-state index in [0.717, 1.165) is 88.7 Å². The first-order valence-corrected chi connectivity index (χ1v) is 52.2. The van der Waals surface area contributed by atoms with Crippen molar-refractivity contribution in [1.29, 1.82) is 0 Å². The van der Waals surface area contributed by atoms with Crippen LogP contribution in [0.25, 0.3) is 254 Å². The third-order valence-corrected chi connectivity index (χ3v) is 32.1. The highest BCUT2D eigenvalue weighted by molar-refractivity contribution is 7.26. The number of hydrogen-bond donors (Lipinski definition) is 0. The van der Waals surface area contributed by atoms with Crippen molar-refractivity contribution in [2.45, 2.75) is 57.8 Å². The van der Waals surface area contributed by atoms with Crippen LogP contribution in [-0.4, -0.2) is 44.9 Å². The molecule has 26 aromatic rings. The van der Waals surface area contributed by atoms with E-state index in [9.17, 15) is 0 Å². The molecule has 0 spiro atoms. The van der Waals surface area contributed by atoms with Gasteiger partial charge >= 0.3 is 0 Å². The molecule has 0 bridgehead atoms. The highest BCUT2D eigenvalue weighted by Crippen LogP contribution is 2.57. The maximum absolute atomic E-state index is 5.21. The second-order valence-corrected chi connectivity index (χ2v) is 41.9. The molecule has 9 nitrogen and oxygen atoms in total. The highest BCUT2D eigenvalue weighted by atomic mass is 32.1. The minimum absolute atomic E-state index is 0.0681. The maximum Gasteiger partial charge on any atom is 0.165 e. The van der Waals surface area contributed by atoms with Crippen LogP contribution in [0.1, 0.15) is 74.9 Å². The molecule has 3 aliphatic carbocycles. The molecule has 0 fully saturated rings. The lowest BCUT2D eigenvalue weighted by molar-refractivity contribution is 0.666. The monoisotopic (exact) mass is 1940 g/mol. The summed E-state index contributed by atoms with van der Waals surface area (Å²) in [4.78, 5) is 45.8. The van der Waals surface area contributed by atoms with Gasteiger partial charge in [0.05, 0.1) is 0 Å². The van der Waals surface area contributed by atoms with Crippen molar-refractivity contribution in [3.63, 3.8) is 0 Å². The van der Waals surface area contributed by atoms with Gasteiger partial charge < -0.3 is 0 Å². The zero-order valence-electron chi connectivity index (χ0n) is 83.5. The Morgan fingerprint density at radius 2 is 0.447 bits per heavy atom. The van der Waals surface area contributed by atoms with Crippen LogP contribution >= 0.6 is 11.3 Å². The van der Waals surface area contributed by atoms with Crippen molar-refractivity contribution >= 4 is 85.4 Å². The first-order chi connectivity index (χ1) is 73.6. The summed E-state index contributed by atoms with van der Waals surface area (Å²) in [6.07, 6.45) is 0. The van der Waals surface area contributed by atoms with E-state index in [1.165, 1.54) is 147 Å². The van der Waals surface area contributed by atoms with Crippen molar-refractivity contribution in [2.24, 2.45) is 0 Å². The molecule has 0 aliphatic heterocycles. The molecule has 29 rings (SSSR count). The predicted molar refractivity (Wildman–Crippen MR) is 623 cm³/mol. The quantitative estimate of drug-likeness (QED) is 0.104. The van der Waals surface area contributed by atoms with Gasteiger partial charge in [0.25, 0.3) is 0 Å². The minimum Gasteiger partial charge on any atom is -0.208 e. The van der Waals surface area contributed by atoms with Crippen molar-refractivity contribution < 1.29 is 0 Å². The highest BCUT2D eigenvalue weighted by Gasteiger charge is 2.40. The molecule has 10 heteroatoms. The molecule has 150 heavy (non-hydrogen) atoms. The van der Waals surface area contributed by atoms with Crippen LogP contribution in [-0.2, 0) is 16.2 Å². The van der Waals surface area contributed by atoms with E-state index in [-0.39, 0.29) is 16.2 Å². The lowest BCUT2D eigenvalue weighted by Gasteiger charge is -2.23. The van der Waals surface area contributed by atoms with E-state index in [1.807, 2.05) is 72.8 Å². The van der Waals surface area contributed by atoms with E-state index >= 15 is 0 Å². The van der Waals surface area contributed by atoms with Crippen molar-refractivity contribution in [3.05, 3.63) is 513 Å². The Bertz CT molecular complexity index is 9930. The van der Waals surface area contributed by atoms with Gasteiger partial charge in [-0.2, -0.15) is 0 Å². The van der Waals surface area contributed by atoms with E-state index in [2.05, 4.69) is 448 Å². The molecule has 3 aliphatic rings. The summed E-state index contributed by atoms with van der Waals surface area (Å²) in [6, 6.07) is 170. The van der Waals surface area contributed by atoms with Crippen LogP contribution in [0, 0.1) is 0 Å². The molecule has 708 valence electrons. The summed E-state index contributed by atoms with van der Waals surface area (Å²) in [5, 5.41) is 14.9. The van der Waals surface area contributed by atoms with Gasteiger partial charge in [0, 0.05) is 86.5 Å². The lowest BCUT2D eigenvalue weighted by atomic mass is 9.79. The zero-order chi connectivity index (χ0) is 100. The third-order valence-electron chi connectivity index (χ3n) is 30.9. The number of nitrogens with zero attached hydrogens (tertiary/aromatic N) is 9. The number of benzene rings is 22. The Hall–Kier alpha value is -18.6. The largest absolute Gasteiger partial charge is 0.208 e. The summed E-state index contributed by atoms with van der Waals surface area (Å²) in [7, 11) is 0. The summed E-state index contributed by atoms with van der Waals surface area (Å²) in [6.45, 7) is 14.1. The topological polar surface area (TPSA) is 116 Å². The van der Waals surface area contributed by atoms with Gasteiger partial charge in [0.1, 0.15) is 0 Å². The molecule has 4 heterocycles. The fourth-order valence-electron chi connectivity index (χ4n) is 23.7. The molecule has 0 atom stereocenters. The van der Waals surface area contributed by atoms with Gasteiger partial charge in [0.2, 0.25) is 0 Å². The first kappa shape index (κ1) is 90.2. The van der Waals surface area contributed by atoms with E-state index in [0.29, 0.717) is 52.4 Å². The fourth-order valence-corrected chi connectivity index (χ4v) is 24.9. The standard InChI is InChI=1S/C48H33N3.C46H31N3S.C46H33N3/c1-48(2)43-22-11-10-21-39(43)40-26-25-30-23-24-33(28-41(30)44(40)48)32-16-12-17-35(27-32)46-49-45(31-13-4-3-5-14-31)50-47(51-46)42-29-34-15-6-7-18-36(34)37-19-8-9-20-38(37)42;1-46(2)39-23-8-6-17-33(39)36-26-25-32-31(19-11-20-35(32)41(36)46)29-15-10-16-30(27-29)44-47-43(28-13-4-3-5-14-28)48-45(49-44)38-22-12-21-37-34-18-7-9-24-40(34)50-42(37)38;1-46(2)41-22-10-9-19-38(41)40-28-27-37-36(20-12-21-39(37)42(40)46)31-23-25-33(26-24-31)44-47-43(32-15-7-4-8-16-32)48-45(49-44)35-18-11-17-34(29-35)30-13-5-3-6-14-30/h3-29H,1-2H3;3-27H,1-2H3;3-29H,1-2H3. The maximum atomic E-state index is 5.21. The van der Waals surface area contributed by atoms with Gasteiger partial charge in [-0.15, -0.1) is 11.3 Å². The Balaban J connectivity index is 0.000000111. The van der Waals surface area contributed by atoms with Gasteiger partial charge in [-0.05, 0) is 208 Å². The normalized spacial score (nSPS) is 13.0. The number of hydrogen-bond acceptors (Lipinski definition) is 10. The second kappa shape index (κ2) is 36.5. The lowest BCUT2D eigenvalue weighted by Crippen LogP contribution is -2.15. The van der Waals surface area contributed by atoms with Crippen LogP contribution in [0.2, 0.25) is 0 Å². The Morgan fingerprint density at radius 3 is 0.953 bits per heavy atom. The van der Waals surface area contributed by atoms with Crippen molar-refractivity contribution in [1.82, 2.24) is 44.9 Å².